The maximum atomic E-state index is 13.4. The molecule has 0 radical (unpaired) electrons. The van der Waals surface area contributed by atoms with Crippen LogP contribution in [0.1, 0.15) is 229 Å². The maximum absolute atomic E-state index is 13.4. The Labute approximate surface area is 502 Å². The van der Waals surface area contributed by atoms with Crippen molar-refractivity contribution < 1.29 is 57.1 Å². The van der Waals surface area contributed by atoms with Gasteiger partial charge in [0, 0.05) is 50.0 Å². The number of hydrogen-bond donors (Lipinski definition) is 0. The van der Waals surface area contributed by atoms with Gasteiger partial charge in [0.1, 0.15) is 45.4 Å². The largest absolute Gasteiger partial charge is 0.493 e. The van der Waals surface area contributed by atoms with E-state index in [1.54, 1.807) is 24.3 Å². The number of rotatable bonds is 24. The number of fused-ring (bicyclic) bond motifs is 8. The molecule has 5 rings (SSSR count). The van der Waals surface area contributed by atoms with Crippen LogP contribution in [-0.4, -0.2) is 72.7 Å². The van der Waals surface area contributed by atoms with E-state index in [1.807, 2.05) is 83.1 Å². The Hall–Kier alpha value is -7.08. The molecule has 12 heteroatoms. The van der Waals surface area contributed by atoms with E-state index in [2.05, 4.69) is 76.2 Å². The molecule has 456 valence electrons. The van der Waals surface area contributed by atoms with Crippen LogP contribution in [0.5, 0.6) is 23.0 Å². The number of carbonyl (C=O) groups excluding carboxylic acids is 4. The molecule has 1 aliphatic carbocycles. The van der Waals surface area contributed by atoms with Gasteiger partial charge in [0.15, 0.2) is 0 Å². The smallest absolute Gasteiger partial charge is 0.331 e. The maximum Gasteiger partial charge on any atom is 0.331 e. The molecule has 4 aromatic carbocycles. The Morgan fingerprint density at radius 1 is 0.321 bits per heavy atom. The van der Waals surface area contributed by atoms with Crippen molar-refractivity contribution in [3.8, 4) is 23.0 Å². The summed E-state index contributed by atoms with van der Waals surface area (Å²) in [6, 6.07) is 16.5. The van der Waals surface area contributed by atoms with Crippen molar-refractivity contribution in [2.45, 2.75) is 210 Å². The van der Waals surface area contributed by atoms with Gasteiger partial charge in [-0.2, -0.15) is 0 Å². The Balaban J connectivity index is 2.03. The van der Waals surface area contributed by atoms with Crippen molar-refractivity contribution >= 4 is 48.2 Å². The summed E-state index contributed by atoms with van der Waals surface area (Å²) in [5.41, 5.74) is 6.89. The lowest BCUT2D eigenvalue weighted by atomic mass is 9.88. The molecule has 0 heterocycles. The van der Waals surface area contributed by atoms with Gasteiger partial charge in [-0.05, 0) is 248 Å². The average molecular weight is 1150 g/mol. The molecular weight excluding hydrogens is 1060 g/mol. The molecule has 0 unspecified atom stereocenters. The summed E-state index contributed by atoms with van der Waals surface area (Å²) in [5, 5.41) is 0. The van der Waals surface area contributed by atoms with Crippen LogP contribution in [0.4, 0.5) is 0 Å². The Morgan fingerprint density at radius 3 is 0.631 bits per heavy atom. The molecule has 0 aromatic heterocycles. The molecular formula is C72H96O12. The zero-order valence-corrected chi connectivity index (χ0v) is 53.5. The molecule has 0 N–H and O–H groups in total. The van der Waals surface area contributed by atoms with E-state index in [0.29, 0.717) is 75.1 Å². The summed E-state index contributed by atoms with van der Waals surface area (Å²) in [4.78, 5) is 53.6. The fourth-order valence-corrected chi connectivity index (χ4v) is 9.40. The third-order valence-corrected chi connectivity index (χ3v) is 12.8. The Kier molecular flexibility index (Phi) is 25.1. The van der Waals surface area contributed by atoms with Crippen molar-refractivity contribution in [2.24, 2.45) is 0 Å². The highest BCUT2D eigenvalue weighted by Gasteiger charge is 2.26. The molecule has 12 nitrogen and oxygen atoms in total. The average Bonchev–Trinajstić information content (AvgIpc) is 1.31. The summed E-state index contributed by atoms with van der Waals surface area (Å²) >= 11 is 0. The third kappa shape index (κ3) is 23.2. The number of hydrogen-bond acceptors (Lipinski definition) is 12. The number of unbranched alkanes of at least 4 members (excludes halogenated alkanes) is 4. The standard InChI is InChI=1S/C72H96O12/c1-17-21-33-77-65-53-37-49(25-29-61(73)81-69(5,6)7)38-54(65)46-56-40-51(27-31-63(75)83-71(11,12)13)42-58(67(56)79-35-23-19-3)48-60-44-52(28-32-64(76)84-72(14,15)16)43-59(68(60)80-36-24-20-4)47-57-41-50(26-30-62(74)82-70(8,9)10)39-55(45-53)66(57)78-34-22-18-2/h25-32,37-44H,17-24,33-36,45-48H2,1-16H3/b29-25+,30-26+,31-27+,32-28+. The van der Waals surface area contributed by atoms with Gasteiger partial charge in [0.25, 0.3) is 0 Å². The number of ether oxygens (including phenoxy) is 8. The molecule has 0 saturated heterocycles. The van der Waals surface area contributed by atoms with Crippen molar-refractivity contribution in [3.05, 3.63) is 140 Å². The molecule has 1 aliphatic rings. The second kappa shape index (κ2) is 31.2. The van der Waals surface area contributed by atoms with Crippen molar-refractivity contribution in [1.29, 1.82) is 0 Å². The summed E-state index contributed by atoms with van der Waals surface area (Å²) in [6.07, 6.45) is 21.1. The minimum Gasteiger partial charge on any atom is -0.493 e. The van der Waals surface area contributed by atoms with Crippen LogP contribution in [0.2, 0.25) is 0 Å². The van der Waals surface area contributed by atoms with E-state index in [-0.39, 0.29) is 0 Å². The molecule has 0 atom stereocenters. The van der Waals surface area contributed by atoms with E-state index in [4.69, 9.17) is 37.9 Å². The van der Waals surface area contributed by atoms with Crippen LogP contribution < -0.4 is 18.9 Å². The zero-order valence-electron chi connectivity index (χ0n) is 53.5. The minimum atomic E-state index is -0.706. The van der Waals surface area contributed by atoms with Gasteiger partial charge in [0.05, 0.1) is 26.4 Å². The molecule has 8 bridgehead atoms. The lowest BCUT2D eigenvalue weighted by Crippen LogP contribution is -2.22. The number of carbonyl (C=O) groups is 4. The first-order valence-electron chi connectivity index (χ1n) is 30.3. The van der Waals surface area contributed by atoms with E-state index in [9.17, 15) is 19.2 Å². The summed E-state index contributed by atoms with van der Waals surface area (Å²) in [5.74, 6) is 0.849. The van der Waals surface area contributed by atoms with Gasteiger partial charge in [-0.25, -0.2) is 19.2 Å². The molecule has 0 aliphatic heterocycles. The molecule has 0 spiro atoms. The highest BCUT2D eigenvalue weighted by Crippen LogP contribution is 2.42. The number of esters is 4. The fourth-order valence-electron chi connectivity index (χ4n) is 9.40. The quantitative estimate of drug-likeness (QED) is 0.0251. The van der Waals surface area contributed by atoms with Crippen molar-refractivity contribution in [1.82, 2.24) is 0 Å². The van der Waals surface area contributed by atoms with Gasteiger partial charge >= 0.3 is 23.9 Å². The van der Waals surface area contributed by atoms with E-state index in [0.717, 1.165) is 118 Å². The van der Waals surface area contributed by atoms with E-state index >= 15 is 0 Å². The molecule has 0 saturated carbocycles. The normalized spacial score (nSPS) is 13.1. The van der Waals surface area contributed by atoms with Crippen molar-refractivity contribution in [3.63, 3.8) is 0 Å². The first-order valence-corrected chi connectivity index (χ1v) is 30.3. The SMILES string of the molecule is CCCCOc1c2cc(/C=C/C(=O)OC(C)(C)C)cc1Cc1cc(/C=C/C(=O)OC(C)(C)C)cc(c1OCCCC)Cc1cc(/C=C/C(=O)OC(C)(C)C)cc(c1OCCCC)Cc1cc(/C=C/C(=O)OC(C)(C)C)cc(c1OCCCC)C2. The molecule has 4 aromatic rings. The second-order valence-electron chi connectivity index (χ2n) is 25.7. The predicted octanol–water partition coefficient (Wildman–Crippen LogP) is 16.5. The van der Waals surface area contributed by atoms with Gasteiger partial charge in [-0.1, -0.05) is 53.4 Å². The Bertz CT molecular complexity index is 2510. The lowest BCUT2D eigenvalue weighted by molar-refractivity contribution is -0.149. The third-order valence-electron chi connectivity index (χ3n) is 12.8. The molecule has 0 amide bonds. The summed E-state index contributed by atoms with van der Waals surface area (Å²) in [7, 11) is 0. The van der Waals surface area contributed by atoms with Crippen LogP contribution in [-0.2, 0) is 63.8 Å². The fraction of sp³-hybridized carbons (Fsp3) is 0.500. The van der Waals surface area contributed by atoms with Gasteiger partial charge in [-0.3, -0.25) is 0 Å². The number of benzene rings is 4. The van der Waals surface area contributed by atoms with Gasteiger partial charge in [0.2, 0.25) is 0 Å². The van der Waals surface area contributed by atoms with E-state index in [1.165, 1.54) is 24.3 Å². The Morgan fingerprint density at radius 2 is 0.488 bits per heavy atom. The second-order valence-corrected chi connectivity index (χ2v) is 25.7. The lowest BCUT2D eigenvalue weighted by Gasteiger charge is -2.24. The molecule has 0 fully saturated rings. The van der Waals surface area contributed by atoms with Crippen LogP contribution >= 0.6 is 0 Å². The van der Waals surface area contributed by atoms with Crippen LogP contribution in [0, 0.1) is 0 Å². The zero-order chi connectivity index (χ0) is 61.8. The van der Waals surface area contributed by atoms with Crippen LogP contribution in [0.3, 0.4) is 0 Å². The van der Waals surface area contributed by atoms with Crippen molar-refractivity contribution in [2.75, 3.05) is 26.4 Å². The summed E-state index contributed by atoms with van der Waals surface area (Å²) < 4.78 is 51.1. The summed E-state index contributed by atoms with van der Waals surface area (Å²) in [6.45, 7) is 32.4. The highest BCUT2D eigenvalue weighted by molar-refractivity contribution is 5.89. The van der Waals surface area contributed by atoms with Gasteiger partial charge < -0.3 is 37.9 Å². The van der Waals surface area contributed by atoms with Crippen LogP contribution in [0.15, 0.2) is 72.8 Å². The topological polar surface area (TPSA) is 142 Å². The molecule has 84 heavy (non-hydrogen) atoms. The van der Waals surface area contributed by atoms with E-state index < -0.39 is 46.3 Å². The van der Waals surface area contributed by atoms with Crippen LogP contribution in [0.25, 0.3) is 24.3 Å². The predicted molar refractivity (Wildman–Crippen MR) is 338 cm³/mol. The monoisotopic (exact) mass is 1150 g/mol. The first-order chi connectivity index (χ1) is 39.5. The van der Waals surface area contributed by atoms with Gasteiger partial charge in [-0.15, -0.1) is 0 Å². The minimum absolute atomic E-state index is 0.318. The first kappa shape index (κ1) is 67.7. The highest BCUT2D eigenvalue weighted by atomic mass is 16.6.